The number of benzene rings is 1. The Kier molecular flexibility index (Phi) is 4.67. The van der Waals surface area contributed by atoms with Gasteiger partial charge < -0.3 is 19.5 Å². The molecule has 3 rings (SSSR count). The molecule has 0 atom stereocenters. The molecule has 1 amide bonds. The van der Waals surface area contributed by atoms with Gasteiger partial charge in [-0.3, -0.25) is 4.79 Å². The van der Waals surface area contributed by atoms with Crippen LogP contribution in [0.25, 0.3) is 11.1 Å². The number of carbonyl (C=O) groups is 2. The quantitative estimate of drug-likeness (QED) is 0.705. The minimum absolute atomic E-state index is 0.224. The lowest BCUT2D eigenvalue weighted by Gasteiger charge is -2.12. The van der Waals surface area contributed by atoms with Gasteiger partial charge in [-0.1, -0.05) is 0 Å². The van der Waals surface area contributed by atoms with Crippen molar-refractivity contribution in [2.24, 2.45) is 0 Å². The summed E-state index contributed by atoms with van der Waals surface area (Å²) < 4.78 is 16.0. The number of amides is 1. The Hall–Kier alpha value is -2.54. The van der Waals surface area contributed by atoms with E-state index in [1.807, 2.05) is 12.1 Å². The molecule has 132 valence electrons. The zero-order chi connectivity index (χ0) is 18.1. The number of hydrogen-bond acceptors (Lipinski definition) is 6. The Morgan fingerprint density at radius 1 is 1.20 bits per heavy atom. The lowest BCUT2D eigenvalue weighted by molar-refractivity contribution is -0.114. The molecule has 1 aromatic heterocycles. The van der Waals surface area contributed by atoms with Crippen molar-refractivity contribution in [1.29, 1.82) is 0 Å². The normalized spacial score (nSPS) is 11.5. The first-order chi connectivity index (χ1) is 12.0. The van der Waals surface area contributed by atoms with Gasteiger partial charge in [-0.25, -0.2) is 4.79 Å². The molecule has 2 aromatic rings. The van der Waals surface area contributed by atoms with Crippen molar-refractivity contribution in [3.63, 3.8) is 0 Å². The molecule has 0 fully saturated rings. The van der Waals surface area contributed by atoms with E-state index in [2.05, 4.69) is 5.32 Å². The van der Waals surface area contributed by atoms with Crippen LogP contribution in [0.3, 0.4) is 0 Å². The fraction of sp³-hybridized carbons (Fsp3) is 0.333. The van der Waals surface area contributed by atoms with Gasteiger partial charge in [-0.2, -0.15) is 0 Å². The smallest absolute Gasteiger partial charge is 0.341 e. The number of rotatable bonds is 5. The molecule has 0 unspecified atom stereocenters. The Bertz CT molecular complexity index is 856. The van der Waals surface area contributed by atoms with Gasteiger partial charge in [0.1, 0.15) is 10.6 Å². The predicted molar refractivity (Wildman–Crippen MR) is 95.9 cm³/mol. The molecular formula is C18H19NO5S. The SMILES string of the molecule is CCOC(=O)c1c(NC(C)=O)sc2c1-c1cc(OC)c(OC)cc1C2. The average Bonchev–Trinajstić information content (AvgIpc) is 3.07. The maximum Gasteiger partial charge on any atom is 0.341 e. The first-order valence-corrected chi connectivity index (χ1v) is 8.67. The topological polar surface area (TPSA) is 73.9 Å². The van der Waals surface area contributed by atoms with E-state index in [9.17, 15) is 9.59 Å². The Labute approximate surface area is 149 Å². The molecule has 0 saturated heterocycles. The van der Waals surface area contributed by atoms with Gasteiger partial charge in [0, 0.05) is 23.8 Å². The zero-order valence-corrected chi connectivity index (χ0v) is 15.3. The van der Waals surface area contributed by atoms with E-state index < -0.39 is 5.97 Å². The molecular weight excluding hydrogens is 342 g/mol. The molecule has 7 heteroatoms. The number of thiophene rings is 1. The van der Waals surface area contributed by atoms with Crippen LogP contribution in [0, 0.1) is 0 Å². The molecule has 6 nitrogen and oxygen atoms in total. The Morgan fingerprint density at radius 3 is 2.48 bits per heavy atom. The van der Waals surface area contributed by atoms with Gasteiger partial charge in [0.25, 0.3) is 0 Å². The number of nitrogens with one attached hydrogen (secondary N) is 1. The molecule has 25 heavy (non-hydrogen) atoms. The first kappa shape index (κ1) is 17.3. The summed E-state index contributed by atoms with van der Waals surface area (Å²) in [5.74, 6) is 0.580. The molecule has 0 bridgehead atoms. The van der Waals surface area contributed by atoms with Crippen molar-refractivity contribution in [3.05, 3.63) is 28.1 Å². The van der Waals surface area contributed by atoms with Crippen LogP contribution in [0.2, 0.25) is 0 Å². The van der Waals surface area contributed by atoms with Gasteiger partial charge in [-0.15, -0.1) is 11.3 Å². The fourth-order valence-electron chi connectivity index (χ4n) is 3.01. The summed E-state index contributed by atoms with van der Waals surface area (Å²) in [6.07, 6.45) is 0.668. The summed E-state index contributed by atoms with van der Waals surface area (Å²) in [7, 11) is 3.16. The van der Waals surface area contributed by atoms with Crippen molar-refractivity contribution < 1.29 is 23.8 Å². The number of fused-ring (bicyclic) bond motifs is 3. The molecule has 0 saturated carbocycles. The fourth-order valence-corrected chi connectivity index (χ4v) is 4.28. The summed E-state index contributed by atoms with van der Waals surface area (Å²) >= 11 is 1.40. The van der Waals surface area contributed by atoms with Gasteiger partial charge in [0.15, 0.2) is 11.5 Å². The third-order valence-electron chi connectivity index (χ3n) is 3.98. The molecule has 1 aliphatic rings. The maximum absolute atomic E-state index is 12.5. The van der Waals surface area contributed by atoms with Crippen LogP contribution in [0.15, 0.2) is 12.1 Å². The van der Waals surface area contributed by atoms with Crippen LogP contribution in [0.1, 0.15) is 34.6 Å². The third kappa shape index (κ3) is 2.95. The summed E-state index contributed by atoms with van der Waals surface area (Å²) in [6.45, 7) is 3.44. The average molecular weight is 361 g/mol. The summed E-state index contributed by atoms with van der Waals surface area (Å²) in [5, 5.41) is 3.27. The monoisotopic (exact) mass is 361 g/mol. The highest BCUT2D eigenvalue weighted by Gasteiger charge is 2.32. The van der Waals surface area contributed by atoms with Crippen LogP contribution < -0.4 is 14.8 Å². The second kappa shape index (κ2) is 6.76. The van der Waals surface area contributed by atoms with Gasteiger partial charge >= 0.3 is 5.97 Å². The van der Waals surface area contributed by atoms with Crippen molar-refractivity contribution in [1.82, 2.24) is 0 Å². The van der Waals surface area contributed by atoms with Crippen molar-refractivity contribution in [2.75, 3.05) is 26.1 Å². The Balaban J connectivity index is 2.19. The maximum atomic E-state index is 12.5. The van der Waals surface area contributed by atoms with E-state index in [0.717, 1.165) is 21.6 Å². The van der Waals surface area contributed by atoms with E-state index in [4.69, 9.17) is 14.2 Å². The van der Waals surface area contributed by atoms with E-state index in [1.54, 1.807) is 21.1 Å². The van der Waals surface area contributed by atoms with Gasteiger partial charge in [-0.05, 0) is 30.2 Å². The minimum Gasteiger partial charge on any atom is -0.493 e. The van der Waals surface area contributed by atoms with Crippen molar-refractivity contribution >= 4 is 28.2 Å². The lowest BCUT2D eigenvalue weighted by Crippen LogP contribution is -2.11. The van der Waals surface area contributed by atoms with E-state index >= 15 is 0 Å². The van der Waals surface area contributed by atoms with Crippen LogP contribution in [-0.4, -0.2) is 32.7 Å². The third-order valence-corrected chi connectivity index (χ3v) is 5.09. The molecule has 1 aromatic carbocycles. The highest BCUT2D eigenvalue weighted by Crippen LogP contribution is 2.50. The van der Waals surface area contributed by atoms with Crippen molar-refractivity contribution in [2.45, 2.75) is 20.3 Å². The van der Waals surface area contributed by atoms with Crippen molar-refractivity contribution in [3.8, 4) is 22.6 Å². The van der Waals surface area contributed by atoms with E-state index in [0.29, 0.717) is 28.5 Å². The highest BCUT2D eigenvalue weighted by molar-refractivity contribution is 7.17. The van der Waals surface area contributed by atoms with Crippen LogP contribution in [-0.2, 0) is 16.0 Å². The minimum atomic E-state index is -0.439. The van der Waals surface area contributed by atoms with Gasteiger partial charge in [0.05, 0.1) is 20.8 Å². The zero-order valence-electron chi connectivity index (χ0n) is 14.5. The molecule has 0 spiro atoms. The second-order valence-electron chi connectivity index (χ2n) is 5.55. The largest absolute Gasteiger partial charge is 0.493 e. The molecule has 0 aliphatic heterocycles. The number of anilines is 1. The standard InChI is InChI=1S/C18H19NO5S/c1-5-24-18(21)16-15-11-8-13(23-4)12(22-3)6-10(11)7-14(15)25-17(16)19-9(2)20/h6,8H,5,7H2,1-4H3,(H,19,20). The van der Waals surface area contributed by atoms with Gasteiger partial charge in [0.2, 0.25) is 5.91 Å². The van der Waals surface area contributed by atoms with Crippen LogP contribution >= 0.6 is 11.3 Å². The molecule has 1 heterocycles. The Morgan fingerprint density at radius 2 is 1.88 bits per heavy atom. The summed E-state index contributed by atoms with van der Waals surface area (Å²) in [5.41, 5.74) is 3.17. The number of methoxy groups -OCH3 is 2. The summed E-state index contributed by atoms with van der Waals surface area (Å²) in [4.78, 5) is 25.1. The number of ether oxygens (including phenoxy) is 3. The first-order valence-electron chi connectivity index (χ1n) is 7.85. The molecule has 1 N–H and O–H groups in total. The van der Waals surface area contributed by atoms with Crippen LogP contribution in [0.5, 0.6) is 11.5 Å². The number of hydrogen-bond donors (Lipinski definition) is 1. The summed E-state index contributed by atoms with van der Waals surface area (Å²) in [6, 6.07) is 3.79. The molecule has 1 aliphatic carbocycles. The number of esters is 1. The highest BCUT2D eigenvalue weighted by atomic mass is 32.1. The van der Waals surface area contributed by atoms with E-state index in [1.165, 1.54) is 18.3 Å². The molecule has 0 radical (unpaired) electrons. The number of carbonyl (C=O) groups excluding carboxylic acids is 2. The second-order valence-corrected chi connectivity index (χ2v) is 6.65. The predicted octanol–water partition coefficient (Wildman–Crippen LogP) is 3.47. The van der Waals surface area contributed by atoms with Crippen LogP contribution in [0.4, 0.5) is 5.00 Å². The van der Waals surface area contributed by atoms with E-state index in [-0.39, 0.29) is 12.5 Å². The lowest BCUT2D eigenvalue weighted by atomic mass is 10.0.